The van der Waals surface area contributed by atoms with Gasteiger partial charge in [-0.3, -0.25) is 0 Å². The van der Waals surface area contributed by atoms with Crippen molar-refractivity contribution in [3.63, 3.8) is 0 Å². The molecule has 1 heterocycles. The molecule has 0 unspecified atom stereocenters. The normalized spacial score (nSPS) is 13.9. The van der Waals surface area contributed by atoms with E-state index >= 15 is 0 Å². The van der Waals surface area contributed by atoms with Gasteiger partial charge < -0.3 is 14.9 Å². The number of allylic oxidation sites excluding steroid dienone is 3. The average Bonchev–Trinajstić information content (AvgIpc) is 3.15. The van der Waals surface area contributed by atoms with Crippen molar-refractivity contribution in [1.29, 1.82) is 0 Å². The third-order valence-corrected chi connectivity index (χ3v) is 4.45. The lowest BCUT2D eigenvalue weighted by atomic mass is 9.99. The Kier molecular flexibility index (Phi) is 4.40. The van der Waals surface area contributed by atoms with Crippen LogP contribution in [-0.2, 0) is 17.9 Å². The molecule has 0 amide bonds. The van der Waals surface area contributed by atoms with Crippen molar-refractivity contribution in [2.75, 3.05) is 0 Å². The highest BCUT2D eigenvalue weighted by Crippen LogP contribution is 2.32. The summed E-state index contributed by atoms with van der Waals surface area (Å²) in [5.74, 6) is 0.949. The van der Waals surface area contributed by atoms with Crippen LogP contribution in [0.2, 0.25) is 0 Å². The van der Waals surface area contributed by atoms with Crippen molar-refractivity contribution in [3.8, 4) is 11.1 Å². The summed E-state index contributed by atoms with van der Waals surface area (Å²) in [5.41, 5.74) is 11.1. The number of nitrogens with two attached hydrogens (primary N) is 1. The van der Waals surface area contributed by atoms with Crippen molar-refractivity contribution in [2.24, 2.45) is 5.73 Å². The molecule has 1 aromatic heterocycles. The van der Waals surface area contributed by atoms with E-state index in [2.05, 4.69) is 36.4 Å². The summed E-state index contributed by atoms with van der Waals surface area (Å²) in [6.07, 6.45) is 10.2. The van der Waals surface area contributed by atoms with Crippen LogP contribution in [0, 0.1) is 0 Å². The van der Waals surface area contributed by atoms with Crippen molar-refractivity contribution >= 4 is 11.0 Å². The Morgan fingerprint density at radius 2 is 2.00 bits per heavy atom. The molecule has 3 heteroatoms. The van der Waals surface area contributed by atoms with Crippen LogP contribution in [0.5, 0.6) is 0 Å². The van der Waals surface area contributed by atoms with Gasteiger partial charge in [-0.15, -0.1) is 0 Å². The second-order valence-electron chi connectivity index (χ2n) is 6.26. The molecule has 3 aromatic rings. The molecule has 0 spiro atoms. The van der Waals surface area contributed by atoms with Gasteiger partial charge in [0, 0.05) is 17.5 Å². The van der Waals surface area contributed by atoms with Gasteiger partial charge in [-0.2, -0.15) is 0 Å². The molecule has 0 saturated heterocycles. The first-order valence-electron chi connectivity index (χ1n) is 8.62. The Labute approximate surface area is 147 Å². The fourth-order valence-corrected chi connectivity index (χ4v) is 3.17. The van der Waals surface area contributed by atoms with Gasteiger partial charge in [-0.25, -0.2) is 0 Å². The Balaban J connectivity index is 1.69. The van der Waals surface area contributed by atoms with E-state index in [1.165, 1.54) is 0 Å². The monoisotopic (exact) mass is 331 g/mol. The minimum Gasteiger partial charge on any atom is -0.489 e. The molecule has 0 aliphatic heterocycles. The molecule has 1 aliphatic rings. The van der Waals surface area contributed by atoms with Crippen LogP contribution in [0.25, 0.3) is 22.1 Å². The fourth-order valence-electron chi connectivity index (χ4n) is 3.17. The number of ether oxygens (including phenoxy) is 1. The largest absolute Gasteiger partial charge is 0.489 e. The van der Waals surface area contributed by atoms with Crippen molar-refractivity contribution in [3.05, 3.63) is 83.8 Å². The molecule has 0 saturated carbocycles. The predicted octanol–water partition coefficient (Wildman–Crippen LogP) is 5.31. The zero-order chi connectivity index (χ0) is 17.1. The summed E-state index contributed by atoms with van der Waals surface area (Å²) < 4.78 is 11.7. The summed E-state index contributed by atoms with van der Waals surface area (Å²) in [4.78, 5) is 0. The van der Waals surface area contributed by atoms with Gasteiger partial charge in [-0.05, 0) is 65.9 Å². The van der Waals surface area contributed by atoms with E-state index in [4.69, 9.17) is 14.9 Å². The minimum atomic E-state index is 0.526. The molecule has 2 N–H and O–H groups in total. The molecule has 0 fully saturated rings. The van der Waals surface area contributed by atoms with Crippen LogP contribution in [0.4, 0.5) is 0 Å². The number of benzene rings is 2. The van der Waals surface area contributed by atoms with Gasteiger partial charge in [-0.1, -0.05) is 24.3 Å². The highest BCUT2D eigenvalue weighted by atomic mass is 16.5. The standard InChI is InChI=1S/C22H21NO2/c23-14-16-5-4-6-18(11-16)21-13-17(12-19-9-10-24-22(19)21)15-25-20-7-2-1-3-8-20/h2,4-13H,1,3,14-15,23H2. The van der Waals surface area contributed by atoms with Gasteiger partial charge in [0.05, 0.1) is 6.26 Å². The van der Waals surface area contributed by atoms with E-state index in [1.54, 1.807) is 6.26 Å². The summed E-state index contributed by atoms with van der Waals surface area (Å²) >= 11 is 0. The molecule has 0 atom stereocenters. The zero-order valence-corrected chi connectivity index (χ0v) is 14.1. The molecule has 3 nitrogen and oxygen atoms in total. The molecular weight excluding hydrogens is 310 g/mol. The SMILES string of the molecule is NCc1cccc(-c2cc(COC3=CCCC=C3)cc3ccoc23)c1. The maximum Gasteiger partial charge on any atom is 0.141 e. The van der Waals surface area contributed by atoms with E-state index in [-0.39, 0.29) is 0 Å². The van der Waals surface area contributed by atoms with E-state index in [9.17, 15) is 0 Å². The van der Waals surface area contributed by atoms with E-state index in [0.717, 1.165) is 51.8 Å². The fraction of sp³-hybridized carbons (Fsp3) is 0.182. The maximum atomic E-state index is 5.95. The Morgan fingerprint density at radius 1 is 1.04 bits per heavy atom. The molecule has 2 aromatic carbocycles. The van der Waals surface area contributed by atoms with Crippen molar-refractivity contribution < 1.29 is 9.15 Å². The Hall–Kier alpha value is -2.78. The third kappa shape index (κ3) is 3.37. The van der Waals surface area contributed by atoms with Gasteiger partial charge in [0.25, 0.3) is 0 Å². The molecule has 0 radical (unpaired) electrons. The van der Waals surface area contributed by atoms with Crippen LogP contribution in [-0.4, -0.2) is 0 Å². The number of hydrogen-bond donors (Lipinski definition) is 1. The second-order valence-corrected chi connectivity index (χ2v) is 6.26. The lowest BCUT2D eigenvalue weighted by Crippen LogP contribution is -1.97. The summed E-state index contributed by atoms with van der Waals surface area (Å²) in [7, 11) is 0. The van der Waals surface area contributed by atoms with Crippen LogP contribution in [0.15, 0.2) is 77.1 Å². The van der Waals surface area contributed by atoms with Gasteiger partial charge in [0.2, 0.25) is 0 Å². The van der Waals surface area contributed by atoms with E-state index in [0.29, 0.717) is 13.2 Å². The van der Waals surface area contributed by atoms with Crippen LogP contribution < -0.4 is 5.73 Å². The van der Waals surface area contributed by atoms with Crippen molar-refractivity contribution in [2.45, 2.75) is 26.0 Å². The summed E-state index contributed by atoms with van der Waals surface area (Å²) in [5, 5.41) is 1.09. The first kappa shape index (κ1) is 15.7. The number of hydrogen-bond acceptors (Lipinski definition) is 3. The third-order valence-electron chi connectivity index (χ3n) is 4.45. The maximum absolute atomic E-state index is 5.95. The van der Waals surface area contributed by atoms with Crippen molar-refractivity contribution in [1.82, 2.24) is 0 Å². The smallest absolute Gasteiger partial charge is 0.141 e. The highest BCUT2D eigenvalue weighted by molar-refractivity contribution is 5.93. The highest BCUT2D eigenvalue weighted by Gasteiger charge is 2.11. The van der Waals surface area contributed by atoms with E-state index < -0.39 is 0 Å². The summed E-state index contributed by atoms with van der Waals surface area (Å²) in [6.45, 7) is 1.07. The van der Waals surface area contributed by atoms with E-state index in [1.807, 2.05) is 24.3 Å². The molecule has 1 aliphatic carbocycles. The van der Waals surface area contributed by atoms with Crippen LogP contribution in [0.1, 0.15) is 24.0 Å². The Bertz CT molecular complexity index is 950. The van der Waals surface area contributed by atoms with Crippen LogP contribution >= 0.6 is 0 Å². The Morgan fingerprint density at radius 3 is 2.84 bits per heavy atom. The van der Waals surface area contributed by atoms with Crippen LogP contribution in [0.3, 0.4) is 0 Å². The molecular formula is C22H21NO2. The quantitative estimate of drug-likeness (QED) is 0.689. The summed E-state index contributed by atoms with van der Waals surface area (Å²) in [6, 6.07) is 14.6. The number of rotatable bonds is 5. The van der Waals surface area contributed by atoms with Gasteiger partial charge in [0.15, 0.2) is 0 Å². The molecule has 25 heavy (non-hydrogen) atoms. The predicted molar refractivity (Wildman–Crippen MR) is 101 cm³/mol. The molecule has 4 rings (SSSR count). The minimum absolute atomic E-state index is 0.526. The molecule has 126 valence electrons. The lowest BCUT2D eigenvalue weighted by Gasteiger charge is -2.12. The van der Waals surface area contributed by atoms with Gasteiger partial charge >= 0.3 is 0 Å². The lowest BCUT2D eigenvalue weighted by molar-refractivity contribution is 0.209. The number of fused-ring (bicyclic) bond motifs is 1. The number of furan rings is 1. The second kappa shape index (κ2) is 6.99. The average molecular weight is 331 g/mol. The first-order valence-corrected chi connectivity index (χ1v) is 8.62. The molecule has 0 bridgehead atoms. The topological polar surface area (TPSA) is 48.4 Å². The van der Waals surface area contributed by atoms with Gasteiger partial charge in [0.1, 0.15) is 17.9 Å². The zero-order valence-electron chi connectivity index (χ0n) is 14.1. The first-order chi connectivity index (χ1) is 12.3.